The summed E-state index contributed by atoms with van der Waals surface area (Å²) in [5.41, 5.74) is 2.35. The van der Waals surface area contributed by atoms with Crippen molar-refractivity contribution >= 4 is 40.3 Å². The van der Waals surface area contributed by atoms with Gasteiger partial charge in [0.05, 0.1) is 11.4 Å². The first-order chi connectivity index (χ1) is 16.2. The number of carbonyl (C=O) groups excluding carboxylic acids is 1. The first-order valence-corrected chi connectivity index (χ1v) is 12.8. The number of carbonyl (C=O) groups is 1. The second kappa shape index (κ2) is 17.0. The molecular formula is C27H38N4OS. The third-order valence-electron chi connectivity index (χ3n) is 5.42. The minimum Gasteiger partial charge on any atom is -0.332 e. The van der Waals surface area contributed by atoms with Gasteiger partial charge in [0.25, 0.3) is 0 Å². The van der Waals surface area contributed by atoms with Crippen molar-refractivity contribution in [2.45, 2.75) is 84.0 Å². The predicted octanol–water partition coefficient (Wildman–Crippen LogP) is 8.62. The highest BCUT2D eigenvalue weighted by molar-refractivity contribution is 7.80. The van der Waals surface area contributed by atoms with Crippen molar-refractivity contribution in [1.82, 2.24) is 5.32 Å². The molecule has 1 amide bonds. The van der Waals surface area contributed by atoms with Gasteiger partial charge in [0.1, 0.15) is 0 Å². The predicted molar refractivity (Wildman–Crippen MR) is 143 cm³/mol. The molecule has 2 aromatic rings. The molecule has 0 aromatic heterocycles. The van der Waals surface area contributed by atoms with Gasteiger partial charge in [0.2, 0.25) is 5.91 Å². The first-order valence-electron chi connectivity index (χ1n) is 12.3. The lowest BCUT2D eigenvalue weighted by molar-refractivity contribution is -0.119. The summed E-state index contributed by atoms with van der Waals surface area (Å²) in [5, 5.41) is 14.5. The van der Waals surface area contributed by atoms with Crippen LogP contribution in [0.5, 0.6) is 0 Å². The third-order valence-corrected chi connectivity index (χ3v) is 5.63. The summed E-state index contributed by atoms with van der Waals surface area (Å²) in [6, 6.07) is 17.0. The Hall–Kier alpha value is -2.60. The lowest BCUT2D eigenvalue weighted by Gasteiger charge is -2.09. The Morgan fingerprint density at radius 1 is 0.727 bits per heavy atom. The smallest absolute Gasteiger partial charge is 0.226 e. The lowest BCUT2D eigenvalue weighted by atomic mass is 10.1. The van der Waals surface area contributed by atoms with Crippen LogP contribution in [0.15, 0.2) is 64.8 Å². The molecular weight excluding hydrogens is 428 g/mol. The van der Waals surface area contributed by atoms with Gasteiger partial charge >= 0.3 is 0 Å². The highest BCUT2D eigenvalue weighted by Gasteiger charge is 2.05. The van der Waals surface area contributed by atoms with E-state index in [1.807, 2.05) is 54.6 Å². The summed E-state index contributed by atoms with van der Waals surface area (Å²) >= 11 is 5.26. The number of amides is 1. The van der Waals surface area contributed by atoms with Crippen LogP contribution in [0.25, 0.3) is 0 Å². The number of unbranched alkanes of at least 4 members (excludes halogenated alkanes) is 10. The number of thiocarbonyl (C=S) groups is 1. The normalized spacial score (nSPS) is 10.9. The number of rotatable bonds is 15. The topological polar surface area (TPSA) is 65.8 Å². The maximum Gasteiger partial charge on any atom is 0.226 e. The molecule has 33 heavy (non-hydrogen) atoms. The molecule has 0 saturated carbocycles. The van der Waals surface area contributed by atoms with E-state index >= 15 is 0 Å². The molecule has 6 heteroatoms. The van der Waals surface area contributed by atoms with Crippen molar-refractivity contribution in [3.8, 4) is 0 Å². The molecule has 0 aliphatic carbocycles. The zero-order valence-corrected chi connectivity index (χ0v) is 20.7. The molecule has 0 aliphatic rings. The van der Waals surface area contributed by atoms with Crippen molar-refractivity contribution in [3.63, 3.8) is 0 Å². The number of anilines is 1. The number of nitrogens with one attached hydrogen (secondary N) is 2. The highest BCUT2D eigenvalue weighted by Crippen LogP contribution is 2.20. The van der Waals surface area contributed by atoms with Crippen LogP contribution in [0.1, 0.15) is 84.0 Å². The maximum atomic E-state index is 12.1. The highest BCUT2D eigenvalue weighted by atomic mass is 32.1. The zero-order chi connectivity index (χ0) is 23.6. The van der Waals surface area contributed by atoms with Gasteiger partial charge in [-0.2, -0.15) is 10.2 Å². The van der Waals surface area contributed by atoms with Crippen LogP contribution in [-0.4, -0.2) is 11.0 Å². The van der Waals surface area contributed by atoms with Gasteiger partial charge in [-0.05, 0) is 55.0 Å². The summed E-state index contributed by atoms with van der Waals surface area (Å²) in [6.07, 6.45) is 14.5. The lowest BCUT2D eigenvalue weighted by Crippen LogP contribution is -2.33. The maximum absolute atomic E-state index is 12.1. The van der Waals surface area contributed by atoms with E-state index in [4.69, 9.17) is 12.2 Å². The SMILES string of the molecule is CCCCCCCCCCCCCC(=O)NC(=S)Nc1ccc(N=Nc2ccccc2)cc1. The molecule has 0 atom stereocenters. The number of azo groups is 1. The molecule has 0 aliphatic heterocycles. The molecule has 0 radical (unpaired) electrons. The van der Waals surface area contributed by atoms with Gasteiger partial charge in [-0.15, -0.1) is 0 Å². The molecule has 2 aromatic carbocycles. The Morgan fingerprint density at radius 2 is 1.24 bits per heavy atom. The van der Waals surface area contributed by atoms with Crippen molar-refractivity contribution in [2.24, 2.45) is 10.2 Å². The van der Waals surface area contributed by atoms with Gasteiger partial charge in [0, 0.05) is 12.1 Å². The van der Waals surface area contributed by atoms with Gasteiger partial charge in [-0.25, -0.2) is 0 Å². The molecule has 0 fully saturated rings. The molecule has 0 saturated heterocycles. The number of hydrogen-bond donors (Lipinski definition) is 2. The quantitative estimate of drug-likeness (QED) is 0.157. The number of nitrogens with zero attached hydrogens (tertiary/aromatic N) is 2. The van der Waals surface area contributed by atoms with Crippen LogP contribution >= 0.6 is 12.2 Å². The Morgan fingerprint density at radius 3 is 1.82 bits per heavy atom. The molecule has 0 heterocycles. The molecule has 0 unspecified atom stereocenters. The van der Waals surface area contributed by atoms with Gasteiger partial charge < -0.3 is 10.6 Å². The molecule has 0 bridgehead atoms. The molecule has 2 N–H and O–H groups in total. The third kappa shape index (κ3) is 12.9. The fourth-order valence-corrected chi connectivity index (χ4v) is 3.75. The van der Waals surface area contributed by atoms with Crippen LogP contribution in [0, 0.1) is 0 Å². The minimum absolute atomic E-state index is 0.0308. The fourth-order valence-electron chi connectivity index (χ4n) is 3.52. The van der Waals surface area contributed by atoms with E-state index in [1.165, 1.54) is 57.8 Å². The second-order valence-corrected chi connectivity index (χ2v) is 8.78. The fraction of sp³-hybridized carbons (Fsp3) is 0.481. The zero-order valence-electron chi connectivity index (χ0n) is 19.9. The van der Waals surface area contributed by atoms with Gasteiger partial charge in [-0.3, -0.25) is 4.79 Å². The average Bonchev–Trinajstić information content (AvgIpc) is 2.82. The van der Waals surface area contributed by atoms with E-state index in [0.717, 1.165) is 29.9 Å². The Kier molecular flexibility index (Phi) is 13.7. The molecule has 2 rings (SSSR count). The second-order valence-electron chi connectivity index (χ2n) is 8.37. The van der Waals surface area contributed by atoms with Gasteiger partial charge in [-0.1, -0.05) is 89.3 Å². The average molecular weight is 467 g/mol. The number of benzene rings is 2. The summed E-state index contributed by atoms with van der Waals surface area (Å²) < 4.78 is 0. The summed E-state index contributed by atoms with van der Waals surface area (Å²) in [7, 11) is 0. The van der Waals surface area contributed by atoms with Crippen LogP contribution < -0.4 is 10.6 Å². The van der Waals surface area contributed by atoms with Crippen LogP contribution in [0.2, 0.25) is 0 Å². The summed E-state index contributed by atoms with van der Waals surface area (Å²) in [5.74, 6) is -0.0308. The van der Waals surface area contributed by atoms with E-state index in [9.17, 15) is 4.79 Å². The largest absolute Gasteiger partial charge is 0.332 e. The van der Waals surface area contributed by atoms with Crippen molar-refractivity contribution in [1.29, 1.82) is 0 Å². The molecule has 0 spiro atoms. The monoisotopic (exact) mass is 466 g/mol. The van der Waals surface area contributed by atoms with E-state index in [2.05, 4.69) is 27.8 Å². The van der Waals surface area contributed by atoms with Gasteiger partial charge in [0.15, 0.2) is 5.11 Å². The number of hydrogen-bond acceptors (Lipinski definition) is 4. The van der Waals surface area contributed by atoms with E-state index in [-0.39, 0.29) is 5.91 Å². The van der Waals surface area contributed by atoms with Crippen molar-refractivity contribution < 1.29 is 4.79 Å². The van der Waals surface area contributed by atoms with Crippen LogP contribution in [0.4, 0.5) is 17.1 Å². The van der Waals surface area contributed by atoms with Crippen molar-refractivity contribution in [2.75, 3.05) is 5.32 Å². The first kappa shape index (κ1) is 26.7. The van der Waals surface area contributed by atoms with Crippen LogP contribution in [0.3, 0.4) is 0 Å². The van der Waals surface area contributed by atoms with E-state index in [0.29, 0.717) is 11.5 Å². The Bertz CT molecular complexity index is 837. The van der Waals surface area contributed by atoms with E-state index < -0.39 is 0 Å². The van der Waals surface area contributed by atoms with E-state index in [1.54, 1.807) is 0 Å². The Balaban J connectivity index is 1.54. The van der Waals surface area contributed by atoms with Crippen molar-refractivity contribution in [3.05, 3.63) is 54.6 Å². The summed E-state index contributed by atoms with van der Waals surface area (Å²) in [4.78, 5) is 12.1. The Labute approximate surface area is 204 Å². The molecule has 5 nitrogen and oxygen atoms in total. The summed E-state index contributed by atoms with van der Waals surface area (Å²) in [6.45, 7) is 2.25. The molecule has 178 valence electrons. The van der Waals surface area contributed by atoms with Crippen LogP contribution in [-0.2, 0) is 4.79 Å². The minimum atomic E-state index is -0.0308. The standard InChI is InChI=1S/C27H38N4OS/c1-2-3-4-5-6-7-8-9-10-11-15-18-26(32)29-27(33)28-23-19-21-25(22-20-23)31-30-24-16-13-12-14-17-24/h12-14,16-17,19-22H,2-11,15,18H2,1H3,(H2,28,29,32,33).